The van der Waals surface area contributed by atoms with E-state index in [1.54, 1.807) is 23.5 Å². The molecule has 0 spiro atoms. The van der Waals surface area contributed by atoms with E-state index >= 15 is 0 Å². The second kappa shape index (κ2) is 5.23. The number of fused-ring (bicyclic) bond motifs is 1. The molecular formula is C15H15ClFNS. The van der Waals surface area contributed by atoms with Gasteiger partial charge < -0.3 is 5.32 Å². The Morgan fingerprint density at radius 2 is 2.16 bits per heavy atom. The van der Waals surface area contributed by atoms with Crippen LogP contribution in [0, 0.1) is 5.82 Å². The highest BCUT2D eigenvalue weighted by Crippen LogP contribution is 2.36. The minimum atomic E-state index is -0.250. The highest BCUT2D eigenvalue weighted by atomic mass is 35.5. The van der Waals surface area contributed by atoms with Crippen molar-refractivity contribution in [2.24, 2.45) is 0 Å². The number of nitrogens with one attached hydrogen (secondary N) is 1. The summed E-state index contributed by atoms with van der Waals surface area (Å²) in [5, 5.41) is 3.65. The quantitative estimate of drug-likeness (QED) is 0.888. The first-order chi connectivity index (χ1) is 9.19. The van der Waals surface area contributed by atoms with E-state index in [9.17, 15) is 4.39 Å². The molecule has 0 saturated carbocycles. The van der Waals surface area contributed by atoms with Crippen molar-refractivity contribution in [1.82, 2.24) is 5.32 Å². The van der Waals surface area contributed by atoms with Crippen LogP contribution in [0.4, 0.5) is 4.39 Å². The fourth-order valence-electron chi connectivity index (χ4n) is 2.68. The monoisotopic (exact) mass is 295 g/mol. The van der Waals surface area contributed by atoms with Gasteiger partial charge in [0, 0.05) is 20.3 Å². The summed E-state index contributed by atoms with van der Waals surface area (Å²) in [4.78, 5) is 2.65. The molecule has 1 heterocycles. The second-order valence-corrected chi connectivity index (χ2v) is 6.44. The number of hydrogen-bond donors (Lipinski definition) is 1. The Balaban J connectivity index is 1.99. The van der Waals surface area contributed by atoms with Gasteiger partial charge in [-0.1, -0.05) is 17.7 Å². The summed E-state index contributed by atoms with van der Waals surface area (Å²) >= 11 is 7.61. The lowest BCUT2D eigenvalue weighted by Crippen LogP contribution is -2.17. The zero-order valence-electron chi connectivity index (χ0n) is 10.7. The molecule has 0 amide bonds. The number of rotatable bonds is 3. The SMILES string of the molecule is CNC(c1cc2c(s1)CCC2)c1ccc(Cl)cc1F. The summed E-state index contributed by atoms with van der Waals surface area (Å²) in [6.45, 7) is 0. The predicted molar refractivity (Wildman–Crippen MR) is 78.7 cm³/mol. The maximum Gasteiger partial charge on any atom is 0.129 e. The van der Waals surface area contributed by atoms with Crippen LogP contribution in [0.1, 0.15) is 33.3 Å². The average Bonchev–Trinajstić information content (AvgIpc) is 2.93. The van der Waals surface area contributed by atoms with Crippen molar-refractivity contribution < 1.29 is 4.39 Å². The molecule has 4 heteroatoms. The Labute approximate surface area is 121 Å². The van der Waals surface area contributed by atoms with Crippen LogP contribution in [-0.4, -0.2) is 7.05 Å². The molecule has 19 heavy (non-hydrogen) atoms. The fraction of sp³-hybridized carbons (Fsp3) is 0.333. The predicted octanol–water partition coefficient (Wildman–Crippen LogP) is 4.34. The zero-order valence-corrected chi connectivity index (χ0v) is 12.2. The Morgan fingerprint density at radius 3 is 2.84 bits per heavy atom. The lowest BCUT2D eigenvalue weighted by Gasteiger charge is -2.16. The Hall–Kier alpha value is -0.900. The van der Waals surface area contributed by atoms with Gasteiger partial charge in [0.2, 0.25) is 0 Å². The molecule has 0 fully saturated rings. The second-order valence-electron chi connectivity index (χ2n) is 4.84. The third-order valence-corrected chi connectivity index (χ3v) is 5.15. The van der Waals surface area contributed by atoms with Crippen molar-refractivity contribution >= 4 is 22.9 Å². The number of halogens is 2. The number of hydrogen-bond acceptors (Lipinski definition) is 2. The van der Waals surface area contributed by atoms with Gasteiger partial charge in [0.05, 0.1) is 6.04 Å². The van der Waals surface area contributed by atoms with Gasteiger partial charge in [-0.25, -0.2) is 4.39 Å². The molecule has 2 aromatic rings. The third kappa shape index (κ3) is 2.42. The van der Waals surface area contributed by atoms with E-state index in [0.717, 1.165) is 6.42 Å². The Kier molecular flexibility index (Phi) is 3.61. The van der Waals surface area contributed by atoms with Gasteiger partial charge >= 0.3 is 0 Å². The van der Waals surface area contributed by atoms with E-state index in [2.05, 4.69) is 11.4 Å². The first kappa shape index (κ1) is 13.1. The molecule has 0 saturated heterocycles. The highest BCUT2D eigenvalue weighted by molar-refractivity contribution is 7.12. The van der Waals surface area contributed by atoms with Crippen LogP contribution in [0.3, 0.4) is 0 Å². The molecule has 1 atom stereocenters. The van der Waals surface area contributed by atoms with Crippen molar-refractivity contribution in [2.45, 2.75) is 25.3 Å². The van der Waals surface area contributed by atoms with Gasteiger partial charge in [0.15, 0.2) is 0 Å². The number of benzene rings is 1. The maximum atomic E-state index is 14.1. The first-order valence-corrected chi connectivity index (χ1v) is 7.62. The van der Waals surface area contributed by atoms with Crippen molar-refractivity contribution in [3.8, 4) is 0 Å². The minimum absolute atomic E-state index is 0.0899. The van der Waals surface area contributed by atoms with Crippen molar-refractivity contribution in [3.63, 3.8) is 0 Å². The van der Waals surface area contributed by atoms with Gasteiger partial charge in [0.1, 0.15) is 5.82 Å². The largest absolute Gasteiger partial charge is 0.309 e. The zero-order chi connectivity index (χ0) is 13.4. The van der Waals surface area contributed by atoms with Gasteiger partial charge in [-0.2, -0.15) is 0 Å². The molecule has 1 aliphatic rings. The van der Waals surface area contributed by atoms with E-state index in [-0.39, 0.29) is 11.9 Å². The Morgan fingerprint density at radius 1 is 1.32 bits per heavy atom. The summed E-state index contributed by atoms with van der Waals surface area (Å²) in [5.41, 5.74) is 2.10. The average molecular weight is 296 g/mol. The molecule has 3 rings (SSSR count). The summed E-state index contributed by atoms with van der Waals surface area (Å²) < 4.78 is 14.1. The van der Waals surface area contributed by atoms with Crippen LogP contribution < -0.4 is 5.32 Å². The van der Waals surface area contributed by atoms with E-state index < -0.39 is 0 Å². The summed E-state index contributed by atoms with van der Waals surface area (Å²) in [7, 11) is 1.86. The fourth-order valence-corrected chi connectivity index (χ4v) is 4.23. The molecule has 1 N–H and O–H groups in total. The van der Waals surface area contributed by atoms with E-state index in [0.29, 0.717) is 10.6 Å². The molecule has 1 nitrogen and oxygen atoms in total. The van der Waals surface area contributed by atoms with Crippen molar-refractivity contribution in [1.29, 1.82) is 0 Å². The lowest BCUT2D eigenvalue weighted by molar-refractivity contribution is 0.579. The van der Waals surface area contributed by atoms with Crippen LogP contribution in [0.25, 0.3) is 0 Å². The molecule has 1 aromatic heterocycles. The molecule has 0 bridgehead atoms. The van der Waals surface area contributed by atoms with E-state index in [1.807, 2.05) is 7.05 Å². The van der Waals surface area contributed by atoms with Crippen LogP contribution in [0.2, 0.25) is 5.02 Å². The highest BCUT2D eigenvalue weighted by Gasteiger charge is 2.22. The third-order valence-electron chi connectivity index (χ3n) is 3.61. The Bertz CT molecular complexity index is 587. The molecule has 0 radical (unpaired) electrons. The molecular weight excluding hydrogens is 281 g/mol. The smallest absolute Gasteiger partial charge is 0.129 e. The van der Waals surface area contributed by atoms with Crippen LogP contribution in [-0.2, 0) is 12.8 Å². The number of thiophene rings is 1. The molecule has 100 valence electrons. The molecule has 0 aliphatic heterocycles. The lowest BCUT2D eigenvalue weighted by atomic mass is 10.0. The van der Waals surface area contributed by atoms with Gasteiger partial charge in [-0.3, -0.25) is 0 Å². The minimum Gasteiger partial charge on any atom is -0.309 e. The van der Waals surface area contributed by atoms with Crippen LogP contribution in [0.15, 0.2) is 24.3 Å². The summed E-state index contributed by atoms with van der Waals surface area (Å²) in [6.07, 6.45) is 3.58. The summed E-state index contributed by atoms with van der Waals surface area (Å²) in [6, 6.07) is 7.02. The van der Waals surface area contributed by atoms with Crippen LogP contribution >= 0.6 is 22.9 Å². The van der Waals surface area contributed by atoms with E-state index in [4.69, 9.17) is 11.6 Å². The topological polar surface area (TPSA) is 12.0 Å². The van der Waals surface area contributed by atoms with Gasteiger partial charge in [-0.05, 0) is 50.1 Å². The maximum absolute atomic E-state index is 14.1. The van der Waals surface area contributed by atoms with E-state index in [1.165, 1.54) is 34.2 Å². The van der Waals surface area contributed by atoms with Gasteiger partial charge in [0.25, 0.3) is 0 Å². The number of aryl methyl sites for hydroxylation is 2. The van der Waals surface area contributed by atoms with Crippen molar-refractivity contribution in [3.05, 3.63) is 56.0 Å². The molecule has 1 unspecified atom stereocenters. The van der Waals surface area contributed by atoms with Crippen molar-refractivity contribution in [2.75, 3.05) is 7.05 Å². The van der Waals surface area contributed by atoms with Gasteiger partial charge in [-0.15, -0.1) is 11.3 Å². The first-order valence-electron chi connectivity index (χ1n) is 6.42. The van der Waals surface area contributed by atoms with Crippen LogP contribution in [0.5, 0.6) is 0 Å². The normalized spacial score (nSPS) is 15.5. The standard InChI is InChI=1S/C15H15ClFNS/c1-18-15(11-6-5-10(16)8-12(11)17)14-7-9-3-2-4-13(9)19-14/h5-8,15,18H,2-4H2,1H3. The molecule has 1 aromatic carbocycles. The summed E-state index contributed by atoms with van der Waals surface area (Å²) in [5.74, 6) is -0.250. The molecule has 1 aliphatic carbocycles.